The van der Waals surface area contributed by atoms with Gasteiger partial charge in [0.2, 0.25) is 0 Å². The van der Waals surface area contributed by atoms with Crippen LogP contribution in [-0.4, -0.2) is 33.8 Å². The lowest BCUT2D eigenvalue weighted by molar-refractivity contribution is -0.115. The van der Waals surface area contributed by atoms with Crippen molar-refractivity contribution in [2.75, 3.05) is 6.54 Å². The van der Waals surface area contributed by atoms with Crippen molar-refractivity contribution in [2.45, 2.75) is 122 Å². The van der Waals surface area contributed by atoms with Gasteiger partial charge in [-0.2, -0.15) is 0 Å². The summed E-state index contributed by atoms with van der Waals surface area (Å²) in [6.45, 7) is 29.5. The van der Waals surface area contributed by atoms with Gasteiger partial charge in [-0.3, -0.25) is 0 Å². The van der Waals surface area contributed by atoms with Gasteiger partial charge in [-0.1, -0.05) is 73.6 Å². The number of nitrogens with zero attached hydrogens (tertiary/aromatic N) is 3. The van der Waals surface area contributed by atoms with Crippen molar-refractivity contribution in [2.24, 2.45) is 4.99 Å². The van der Waals surface area contributed by atoms with Crippen LogP contribution in [0, 0.1) is 0 Å². The van der Waals surface area contributed by atoms with Crippen LogP contribution in [0.3, 0.4) is 0 Å². The van der Waals surface area contributed by atoms with E-state index in [1.807, 2.05) is 39.8 Å². The number of hydrogen-bond acceptors (Lipinski definition) is 6. The second-order valence-corrected chi connectivity index (χ2v) is 7.99. The number of ketones is 2. The Hall–Kier alpha value is -2.89. The molecule has 38 heavy (non-hydrogen) atoms. The van der Waals surface area contributed by atoms with E-state index < -0.39 is 0 Å². The molecule has 0 amide bonds. The van der Waals surface area contributed by atoms with Crippen LogP contribution in [0.2, 0.25) is 0 Å². The Morgan fingerprint density at radius 3 is 1.71 bits per heavy atom. The van der Waals surface area contributed by atoms with Gasteiger partial charge < -0.3 is 14.9 Å². The van der Waals surface area contributed by atoms with E-state index in [2.05, 4.69) is 67.6 Å². The van der Waals surface area contributed by atoms with Crippen LogP contribution in [0.4, 0.5) is 0 Å². The lowest BCUT2D eigenvalue weighted by Crippen LogP contribution is -2.15. The van der Waals surface area contributed by atoms with E-state index in [1.165, 1.54) is 52.4 Å². The molecule has 1 aromatic rings. The molecule has 6 nitrogen and oxygen atoms in total. The first kappa shape index (κ1) is 45.1. The minimum absolute atomic E-state index is 0.167. The van der Waals surface area contributed by atoms with Crippen molar-refractivity contribution in [1.82, 2.24) is 15.3 Å². The third-order valence-corrected chi connectivity index (χ3v) is 3.42. The van der Waals surface area contributed by atoms with Crippen molar-refractivity contribution in [3.8, 4) is 0 Å². The molecule has 0 saturated carbocycles. The zero-order chi connectivity index (χ0) is 30.8. The molecule has 0 saturated heterocycles. The van der Waals surface area contributed by atoms with E-state index in [-0.39, 0.29) is 11.6 Å². The number of carbonyl (C=O) groups excluding carboxylic acids is 2. The van der Waals surface area contributed by atoms with Crippen LogP contribution in [0.1, 0.15) is 128 Å². The van der Waals surface area contributed by atoms with E-state index in [9.17, 15) is 9.59 Å². The van der Waals surface area contributed by atoms with Crippen molar-refractivity contribution < 1.29 is 9.59 Å². The fourth-order valence-electron chi connectivity index (χ4n) is 1.93. The highest BCUT2D eigenvalue weighted by atomic mass is 16.1. The Kier molecular flexibility index (Phi) is 45.8. The van der Waals surface area contributed by atoms with Gasteiger partial charge in [0.15, 0.2) is 0 Å². The maximum atomic E-state index is 9.44. The summed E-state index contributed by atoms with van der Waals surface area (Å²) in [5, 5.41) is 3.35. The summed E-state index contributed by atoms with van der Waals surface area (Å²) < 4.78 is 0. The molecule has 0 atom stereocenters. The van der Waals surface area contributed by atoms with Crippen LogP contribution in [0.25, 0.3) is 6.08 Å². The normalized spacial score (nSPS) is 9.13. The Bertz CT molecular complexity index is 728. The molecule has 0 aliphatic heterocycles. The average molecular weight is 533 g/mol. The van der Waals surface area contributed by atoms with E-state index in [0.717, 1.165) is 42.9 Å². The smallest absolute Gasteiger partial charge is 0.126 e. The maximum absolute atomic E-state index is 9.44. The van der Waals surface area contributed by atoms with E-state index in [0.29, 0.717) is 0 Å². The van der Waals surface area contributed by atoms with Gasteiger partial charge in [-0.15, -0.1) is 0 Å². The summed E-state index contributed by atoms with van der Waals surface area (Å²) in [7, 11) is 0. The zero-order valence-corrected chi connectivity index (χ0v) is 27.1. The molecule has 0 bridgehead atoms. The molecule has 0 unspecified atom stereocenters. The fourth-order valence-corrected chi connectivity index (χ4v) is 1.93. The molecule has 0 aliphatic rings. The van der Waals surface area contributed by atoms with Gasteiger partial charge >= 0.3 is 0 Å². The molecule has 0 spiro atoms. The van der Waals surface area contributed by atoms with Crippen molar-refractivity contribution in [3.63, 3.8) is 0 Å². The molecule has 1 rings (SSSR count). The predicted molar refractivity (Wildman–Crippen MR) is 171 cm³/mol. The number of unbranched alkanes of at least 4 members (excludes halogenated alkanes) is 1. The number of Topliss-reactive ketones (excluding diaryl/α,β-unsaturated/α-hetero) is 2. The summed E-state index contributed by atoms with van der Waals surface area (Å²) in [6, 6.07) is 0. The topological polar surface area (TPSA) is 84.3 Å². The Labute approximate surface area is 236 Å². The van der Waals surface area contributed by atoms with E-state index in [4.69, 9.17) is 0 Å². The number of hydrogen-bond donors (Lipinski definition) is 1. The van der Waals surface area contributed by atoms with Gasteiger partial charge in [0.25, 0.3) is 0 Å². The lowest BCUT2D eigenvalue weighted by atomic mass is 10.2. The first-order valence-corrected chi connectivity index (χ1v) is 14.0. The highest BCUT2D eigenvalue weighted by Gasteiger charge is 1.99. The SMILES string of the molecule is C=C/C(CCCC)=N\C(NCCC)=C(C)C.CC.CC.CC(C)=O.CC(C)=O.CC/C=C/c1cncnc1. The van der Waals surface area contributed by atoms with Crippen molar-refractivity contribution in [3.05, 3.63) is 54.4 Å². The monoisotopic (exact) mass is 532 g/mol. The molecule has 6 heteroatoms. The minimum Gasteiger partial charge on any atom is -0.370 e. The third kappa shape index (κ3) is 46.4. The molecule has 1 heterocycles. The Balaban J connectivity index is -0.000000140. The summed E-state index contributed by atoms with van der Waals surface area (Å²) in [5.41, 5.74) is 3.37. The number of rotatable bonds is 10. The number of allylic oxidation sites excluding steroid dienone is 3. The number of carbonyl (C=O) groups is 2. The highest BCUT2D eigenvalue weighted by molar-refractivity contribution is 5.95. The molecular weight excluding hydrogens is 472 g/mol. The number of nitrogens with one attached hydrogen (secondary N) is 1. The van der Waals surface area contributed by atoms with Crippen LogP contribution in [0.15, 0.2) is 53.8 Å². The van der Waals surface area contributed by atoms with E-state index >= 15 is 0 Å². The fraction of sp³-hybridized carbons (Fsp3) is 0.594. The van der Waals surface area contributed by atoms with Gasteiger partial charge in [-0.25, -0.2) is 15.0 Å². The van der Waals surface area contributed by atoms with Gasteiger partial charge in [-0.05, 0) is 78.9 Å². The summed E-state index contributed by atoms with van der Waals surface area (Å²) in [5.74, 6) is 1.34. The standard InChI is InChI=1S/C14H26N2.C8H10N2.2C3H6O.2C2H6/c1-6-9-10-13(8-3)16-14(12(4)5)15-11-7-2;1-2-3-4-8-5-9-7-10-6-8;2*1-3(2)4;2*1-2/h8,15H,3,6-7,9-11H2,1-2,4-5H3;3-7H,2H2,1H3;2*1-2H3;2*1-2H3/b16-13+;4-3+;;;;. The summed E-state index contributed by atoms with van der Waals surface area (Å²) in [4.78, 5) is 31.3. The molecule has 1 N–H and O–H groups in total. The van der Waals surface area contributed by atoms with Crippen molar-refractivity contribution >= 4 is 23.4 Å². The van der Waals surface area contributed by atoms with Crippen LogP contribution in [0.5, 0.6) is 0 Å². The highest BCUT2D eigenvalue weighted by Crippen LogP contribution is 2.06. The molecule has 0 aliphatic carbocycles. The molecule has 220 valence electrons. The molecular formula is C32H60N4O2. The maximum Gasteiger partial charge on any atom is 0.126 e. The van der Waals surface area contributed by atoms with E-state index in [1.54, 1.807) is 12.4 Å². The number of aliphatic imine (C=N–C) groups is 1. The summed E-state index contributed by atoms with van der Waals surface area (Å²) >= 11 is 0. The first-order chi connectivity index (χ1) is 18.0. The first-order valence-electron chi connectivity index (χ1n) is 14.0. The Morgan fingerprint density at radius 2 is 1.37 bits per heavy atom. The second kappa shape index (κ2) is 38.6. The molecule has 0 aromatic carbocycles. The van der Waals surface area contributed by atoms with Crippen LogP contribution < -0.4 is 5.32 Å². The lowest BCUT2D eigenvalue weighted by Gasteiger charge is -2.09. The quantitative estimate of drug-likeness (QED) is 0.304. The second-order valence-electron chi connectivity index (χ2n) is 7.99. The third-order valence-electron chi connectivity index (χ3n) is 3.42. The zero-order valence-electron chi connectivity index (χ0n) is 27.1. The predicted octanol–water partition coefficient (Wildman–Crippen LogP) is 9.20. The molecule has 0 radical (unpaired) electrons. The van der Waals surface area contributed by atoms with Gasteiger partial charge in [0.05, 0.1) is 0 Å². The van der Waals surface area contributed by atoms with Gasteiger partial charge in [0.1, 0.15) is 23.7 Å². The summed E-state index contributed by atoms with van der Waals surface area (Å²) in [6.07, 6.45) is 16.6. The van der Waals surface area contributed by atoms with Crippen LogP contribution >= 0.6 is 0 Å². The average Bonchev–Trinajstić information content (AvgIpc) is 2.89. The molecule has 1 aromatic heterocycles. The Morgan fingerprint density at radius 1 is 0.895 bits per heavy atom. The minimum atomic E-state index is 0.167. The van der Waals surface area contributed by atoms with Crippen LogP contribution in [-0.2, 0) is 9.59 Å². The van der Waals surface area contributed by atoms with Crippen molar-refractivity contribution in [1.29, 1.82) is 0 Å². The van der Waals surface area contributed by atoms with Gasteiger partial charge in [0, 0.05) is 30.2 Å². The number of aromatic nitrogens is 2. The largest absolute Gasteiger partial charge is 0.370 e. The molecule has 0 fully saturated rings.